The van der Waals surface area contributed by atoms with Crippen LogP contribution in [0.15, 0.2) is 50.8 Å². The molecule has 0 amide bonds. The van der Waals surface area contributed by atoms with Gasteiger partial charge in [0.2, 0.25) is 0 Å². The van der Waals surface area contributed by atoms with Crippen LogP contribution < -0.4 is 10.0 Å². The van der Waals surface area contributed by atoms with Gasteiger partial charge in [0.15, 0.2) is 0 Å². The molecule has 2 rings (SSSR count). The van der Waals surface area contributed by atoms with E-state index in [4.69, 9.17) is 0 Å². The van der Waals surface area contributed by atoms with E-state index in [-0.39, 0.29) is 4.90 Å². The standard InChI is InChI=1S/C13H14BrN3O2S2/c1-15-13-12(7-9(14)8-16-13)21(18,19)17-10-5-3-4-6-11(10)20-2/h3-8,17H,1-2H3,(H,15,16). The van der Waals surface area contributed by atoms with Gasteiger partial charge in [-0.3, -0.25) is 4.72 Å². The summed E-state index contributed by atoms with van der Waals surface area (Å²) in [6, 6.07) is 8.76. The molecular formula is C13H14BrN3O2S2. The molecule has 0 aliphatic carbocycles. The first-order chi connectivity index (χ1) is 9.97. The van der Waals surface area contributed by atoms with Gasteiger partial charge in [0.1, 0.15) is 10.7 Å². The van der Waals surface area contributed by atoms with Gasteiger partial charge in [-0.15, -0.1) is 11.8 Å². The molecule has 112 valence electrons. The molecule has 0 unspecified atom stereocenters. The van der Waals surface area contributed by atoms with Crippen molar-refractivity contribution in [1.82, 2.24) is 4.98 Å². The van der Waals surface area contributed by atoms with Crippen LogP contribution in [0.2, 0.25) is 0 Å². The van der Waals surface area contributed by atoms with E-state index >= 15 is 0 Å². The van der Waals surface area contributed by atoms with E-state index in [0.717, 1.165) is 4.90 Å². The molecule has 0 fully saturated rings. The van der Waals surface area contributed by atoms with Crippen LogP contribution in [0, 0.1) is 0 Å². The number of hydrogen-bond donors (Lipinski definition) is 2. The molecule has 0 aliphatic heterocycles. The zero-order valence-electron chi connectivity index (χ0n) is 11.4. The summed E-state index contributed by atoms with van der Waals surface area (Å²) in [5, 5.41) is 2.79. The zero-order valence-corrected chi connectivity index (χ0v) is 14.6. The Kier molecular flexibility index (Phi) is 5.13. The highest BCUT2D eigenvalue weighted by Crippen LogP contribution is 2.29. The summed E-state index contributed by atoms with van der Waals surface area (Å²) < 4.78 is 28.4. The lowest BCUT2D eigenvalue weighted by atomic mass is 10.3. The molecule has 8 heteroatoms. The minimum atomic E-state index is -3.73. The molecule has 2 aromatic rings. The molecule has 21 heavy (non-hydrogen) atoms. The van der Waals surface area contributed by atoms with Crippen molar-refractivity contribution in [2.45, 2.75) is 9.79 Å². The van der Waals surface area contributed by atoms with Crippen molar-refractivity contribution in [2.75, 3.05) is 23.3 Å². The smallest absolute Gasteiger partial charge is 0.265 e. The first-order valence-electron chi connectivity index (χ1n) is 5.97. The van der Waals surface area contributed by atoms with E-state index in [1.165, 1.54) is 17.8 Å². The summed E-state index contributed by atoms with van der Waals surface area (Å²) >= 11 is 4.72. The van der Waals surface area contributed by atoms with Crippen molar-refractivity contribution < 1.29 is 8.42 Å². The summed E-state index contributed by atoms with van der Waals surface area (Å²) in [7, 11) is -2.10. The number of pyridine rings is 1. The first kappa shape index (κ1) is 16.1. The Labute approximate surface area is 136 Å². The van der Waals surface area contributed by atoms with E-state index in [9.17, 15) is 8.42 Å². The zero-order chi connectivity index (χ0) is 15.5. The Balaban J connectivity index is 2.46. The Bertz CT molecular complexity index is 751. The second kappa shape index (κ2) is 6.67. The highest BCUT2D eigenvalue weighted by molar-refractivity contribution is 9.10. The molecule has 0 radical (unpaired) electrons. The van der Waals surface area contributed by atoms with Gasteiger partial charge in [-0.05, 0) is 40.4 Å². The SMILES string of the molecule is CNc1ncc(Br)cc1S(=O)(=O)Nc1ccccc1SC. The molecule has 1 aromatic carbocycles. The average molecular weight is 388 g/mol. The van der Waals surface area contributed by atoms with Gasteiger partial charge < -0.3 is 5.32 Å². The van der Waals surface area contributed by atoms with Gasteiger partial charge >= 0.3 is 0 Å². The molecule has 1 heterocycles. The van der Waals surface area contributed by atoms with E-state index in [2.05, 4.69) is 31.0 Å². The second-order valence-corrected chi connectivity index (χ2v) is 7.47. The highest BCUT2D eigenvalue weighted by Gasteiger charge is 2.21. The summed E-state index contributed by atoms with van der Waals surface area (Å²) in [5.74, 6) is 0.298. The third kappa shape index (κ3) is 3.69. The number of thioether (sulfide) groups is 1. The van der Waals surface area contributed by atoms with Crippen molar-refractivity contribution in [3.05, 3.63) is 41.0 Å². The van der Waals surface area contributed by atoms with E-state index in [1.54, 1.807) is 25.4 Å². The first-order valence-corrected chi connectivity index (χ1v) is 9.47. The third-order valence-corrected chi connectivity index (χ3v) is 5.31. The van der Waals surface area contributed by atoms with Crippen LogP contribution in [0.5, 0.6) is 0 Å². The Morgan fingerprint density at radius 2 is 2.00 bits per heavy atom. The van der Waals surface area contributed by atoms with Crippen molar-refractivity contribution >= 4 is 49.2 Å². The van der Waals surface area contributed by atoms with Gasteiger partial charge in [-0.1, -0.05) is 12.1 Å². The summed E-state index contributed by atoms with van der Waals surface area (Å²) in [6.07, 6.45) is 3.44. The minimum absolute atomic E-state index is 0.0929. The predicted molar refractivity (Wildman–Crippen MR) is 90.5 cm³/mol. The number of nitrogens with zero attached hydrogens (tertiary/aromatic N) is 1. The lowest BCUT2D eigenvalue weighted by Crippen LogP contribution is -2.16. The largest absolute Gasteiger partial charge is 0.372 e. The number of sulfonamides is 1. The minimum Gasteiger partial charge on any atom is -0.372 e. The van der Waals surface area contributed by atoms with E-state index in [1.807, 2.05) is 18.4 Å². The normalized spacial score (nSPS) is 11.2. The number of benzene rings is 1. The maximum atomic E-state index is 12.6. The van der Waals surface area contributed by atoms with Gasteiger partial charge in [-0.2, -0.15) is 0 Å². The fourth-order valence-corrected chi connectivity index (χ4v) is 4.11. The topological polar surface area (TPSA) is 71.1 Å². The van der Waals surface area contributed by atoms with Crippen LogP contribution in [-0.4, -0.2) is 26.7 Å². The molecule has 1 aromatic heterocycles. The summed E-state index contributed by atoms with van der Waals surface area (Å²) in [6.45, 7) is 0. The van der Waals surface area contributed by atoms with Crippen molar-refractivity contribution in [3.63, 3.8) is 0 Å². The number of aromatic nitrogens is 1. The molecule has 0 atom stereocenters. The molecule has 0 bridgehead atoms. The highest BCUT2D eigenvalue weighted by atomic mass is 79.9. The molecule has 0 saturated carbocycles. The van der Waals surface area contributed by atoms with Crippen LogP contribution >= 0.6 is 27.7 Å². The molecule has 2 N–H and O–H groups in total. The van der Waals surface area contributed by atoms with E-state index in [0.29, 0.717) is 16.0 Å². The number of nitrogens with one attached hydrogen (secondary N) is 2. The summed E-state index contributed by atoms with van der Waals surface area (Å²) in [4.78, 5) is 5.01. The molecular weight excluding hydrogens is 374 g/mol. The van der Waals surface area contributed by atoms with E-state index < -0.39 is 10.0 Å². The van der Waals surface area contributed by atoms with Crippen LogP contribution in [0.25, 0.3) is 0 Å². The summed E-state index contributed by atoms with van der Waals surface area (Å²) in [5.41, 5.74) is 0.548. The fraction of sp³-hybridized carbons (Fsp3) is 0.154. The lowest BCUT2D eigenvalue weighted by Gasteiger charge is -2.13. The van der Waals surface area contributed by atoms with Gasteiger partial charge in [0.05, 0.1) is 5.69 Å². The van der Waals surface area contributed by atoms with Gasteiger partial charge in [0.25, 0.3) is 10.0 Å². The van der Waals surface area contributed by atoms with Crippen molar-refractivity contribution in [2.24, 2.45) is 0 Å². The number of halogens is 1. The van der Waals surface area contributed by atoms with Crippen LogP contribution in [0.4, 0.5) is 11.5 Å². The van der Waals surface area contributed by atoms with Crippen LogP contribution in [0.3, 0.4) is 0 Å². The van der Waals surface area contributed by atoms with Crippen LogP contribution in [0.1, 0.15) is 0 Å². The van der Waals surface area contributed by atoms with Crippen molar-refractivity contribution in [1.29, 1.82) is 0 Å². The second-order valence-electron chi connectivity index (χ2n) is 4.06. The molecule has 0 spiro atoms. The number of para-hydroxylation sites is 1. The molecule has 0 aliphatic rings. The van der Waals surface area contributed by atoms with Crippen LogP contribution in [-0.2, 0) is 10.0 Å². The molecule has 0 saturated heterocycles. The Morgan fingerprint density at radius 1 is 1.29 bits per heavy atom. The van der Waals surface area contributed by atoms with Crippen molar-refractivity contribution in [3.8, 4) is 0 Å². The average Bonchev–Trinajstić information content (AvgIpc) is 2.47. The monoisotopic (exact) mass is 387 g/mol. The number of anilines is 2. The maximum absolute atomic E-state index is 12.6. The van der Waals surface area contributed by atoms with Gasteiger partial charge in [0, 0.05) is 22.6 Å². The third-order valence-electron chi connectivity index (χ3n) is 2.70. The number of hydrogen-bond acceptors (Lipinski definition) is 5. The quantitative estimate of drug-likeness (QED) is 0.769. The fourth-order valence-electron chi connectivity index (χ4n) is 1.74. The molecule has 5 nitrogen and oxygen atoms in total. The number of rotatable bonds is 5. The Hall–Kier alpha value is -1.25. The van der Waals surface area contributed by atoms with Gasteiger partial charge in [-0.25, -0.2) is 13.4 Å². The predicted octanol–water partition coefficient (Wildman–Crippen LogP) is 3.41. The maximum Gasteiger partial charge on any atom is 0.265 e. The lowest BCUT2D eigenvalue weighted by molar-refractivity contribution is 0.601. The Morgan fingerprint density at radius 3 is 2.67 bits per heavy atom.